The van der Waals surface area contributed by atoms with Gasteiger partial charge in [-0.3, -0.25) is 9.59 Å². The van der Waals surface area contributed by atoms with Crippen molar-refractivity contribution in [2.45, 2.75) is 44.4 Å². The highest BCUT2D eigenvalue weighted by atomic mass is 16.5. The molecular formula is C20H23N3O3. The van der Waals surface area contributed by atoms with Gasteiger partial charge >= 0.3 is 5.97 Å². The largest absolute Gasteiger partial charge is 0.455 e. The van der Waals surface area contributed by atoms with Crippen molar-refractivity contribution in [3.05, 3.63) is 42.1 Å². The number of carbonyl (C=O) groups excluding carboxylic acids is 2. The van der Waals surface area contributed by atoms with E-state index in [-0.39, 0.29) is 24.4 Å². The fourth-order valence-electron chi connectivity index (χ4n) is 3.43. The first-order valence-electron chi connectivity index (χ1n) is 9.32. The summed E-state index contributed by atoms with van der Waals surface area (Å²) in [5.74, 6) is 0.457. The minimum atomic E-state index is -0.337. The van der Waals surface area contributed by atoms with E-state index in [4.69, 9.17) is 4.74 Å². The number of benzene rings is 1. The maximum Gasteiger partial charge on any atom is 0.309 e. The molecule has 2 fully saturated rings. The van der Waals surface area contributed by atoms with Gasteiger partial charge in [-0.25, -0.2) is 4.68 Å². The van der Waals surface area contributed by atoms with E-state index in [9.17, 15) is 9.59 Å². The van der Waals surface area contributed by atoms with E-state index < -0.39 is 0 Å². The summed E-state index contributed by atoms with van der Waals surface area (Å²) in [6.45, 7) is -0.256. The summed E-state index contributed by atoms with van der Waals surface area (Å²) in [5, 5.41) is 7.49. The van der Waals surface area contributed by atoms with Crippen molar-refractivity contribution in [1.82, 2.24) is 9.78 Å². The summed E-state index contributed by atoms with van der Waals surface area (Å²) < 4.78 is 6.93. The van der Waals surface area contributed by atoms with Crippen LogP contribution in [0.25, 0.3) is 5.69 Å². The summed E-state index contributed by atoms with van der Waals surface area (Å²) in [6.07, 6.45) is 6.13. The number of hydrogen-bond acceptors (Lipinski definition) is 4. The summed E-state index contributed by atoms with van der Waals surface area (Å²) in [4.78, 5) is 24.3. The zero-order chi connectivity index (χ0) is 17.9. The molecular weight excluding hydrogens is 330 g/mol. The zero-order valence-corrected chi connectivity index (χ0v) is 14.7. The molecule has 0 unspecified atom stereocenters. The maximum atomic E-state index is 12.3. The molecule has 0 saturated heterocycles. The van der Waals surface area contributed by atoms with E-state index in [1.807, 2.05) is 36.4 Å². The fraction of sp³-hybridized carbons (Fsp3) is 0.450. The highest BCUT2D eigenvalue weighted by molar-refractivity contribution is 5.92. The molecule has 1 N–H and O–H groups in total. The normalized spacial score (nSPS) is 17.2. The van der Waals surface area contributed by atoms with Gasteiger partial charge in [0.2, 0.25) is 0 Å². The lowest BCUT2D eigenvalue weighted by atomic mass is 10.1. The quantitative estimate of drug-likeness (QED) is 0.808. The Morgan fingerprint density at radius 1 is 1.12 bits per heavy atom. The fourth-order valence-corrected chi connectivity index (χ4v) is 3.43. The van der Waals surface area contributed by atoms with E-state index in [1.54, 1.807) is 4.68 Å². The molecule has 0 atom stereocenters. The van der Waals surface area contributed by atoms with Crippen LogP contribution in [-0.4, -0.2) is 28.3 Å². The van der Waals surface area contributed by atoms with Gasteiger partial charge in [0.1, 0.15) is 5.82 Å². The second-order valence-electron chi connectivity index (χ2n) is 7.11. The molecule has 4 rings (SSSR count). The number of anilines is 1. The van der Waals surface area contributed by atoms with Crippen molar-refractivity contribution in [2.24, 2.45) is 5.92 Å². The Bertz CT molecular complexity index is 790. The minimum absolute atomic E-state index is 0.0425. The van der Waals surface area contributed by atoms with Crippen LogP contribution in [0.2, 0.25) is 0 Å². The number of nitrogens with one attached hydrogen (secondary N) is 1. The summed E-state index contributed by atoms with van der Waals surface area (Å²) >= 11 is 0. The number of para-hydroxylation sites is 1. The van der Waals surface area contributed by atoms with Crippen LogP contribution in [0.5, 0.6) is 0 Å². The van der Waals surface area contributed by atoms with Crippen LogP contribution in [-0.2, 0) is 14.3 Å². The lowest BCUT2D eigenvalue weighted by Crippen LogP contribution is -2.24. The van der Waals surface area contributed by atoms with Crippen LogP contribution in [0.3, 0.4) is 0 Å². The second kappa shape index (κ2) is 7.32. The Labute approximate surface area is 152 Å². The van der Waals surface area contributed by atoms with E-state index in [0.29, 0.717) is 11.7 Å². The Balaban J connectivity index is 1.43. The van der Waals surface area contributed by atoms with Gasteiger partial charge < -0.3 is 10.1 Å². The Kier molecular flexibility index (Phi) is 4.73. The van der Waals surface area contributed by atoms with Gasteiger partial charge in [-0.05, 0) is 37.8 Å². The number of rotatable bonds is 6. The standard InChI is InChI=1S/C20H23N3O3/c24-19(13-26-20(25)15-6-4-5-7-15)21-18-12-17(14-10-11-14)22-23(18)16-8-2-1-3-9-16/h1-3,8-9,12,14-15H,4-7,10-11,13H2,(H,21,24). The van der Waals surface area contributed by atoms with Gasteiger partial charge in [-0.15, -0.1) is 0 Å². The van der Waals surface area contributed by atoms with E-state index in [0.717, 1.165) is 49.9 Å². The van der Waals surface area contributed by atoms with E-state index >= 15 is 0 Å². The van der Waals surface area contributed by atoms with Crippen molar-refractivity contribution in [2.75, 3.05) is 11.9 Å². The first-order chi connectivity index (χ1) is 12.7. The molecule has 0 spiro atoms. The Morgan fingerprint density at radius 3 is 2.54 bits per heavy atom. The average Bonchev–Trinajstić information content (AvgIpc) is 3.19. The van der Waals surface area contributed by atoms with Crippen molar-refractivity contribution in [3.8, 4) is 5.69 Å². The smallest absolute Gasteiger partial charge is 0.309 e. The van der Waals surface area contributed by atoms with Gasteiger partial charge in [0.25, 0.3) is 5.91 Å². The Morgan fingerprint density at radius 2 is 1.85 bits per heavy atom. The van der Waals surface area contributed by atoms with Gasteiger partial charge in [0.05, 0.1) is 17.3 Å². The maximum absolute atomic E-state index is 12.3. The van der Waals surface area contributed by atoms with Gasteiger partial charge in [0.15, 0.2) is 6.61 Å². The average molecular weight is 353 g/mol. The molecule has 2 aliphatic rings. The second-order valence-corrected chi connectivity index (χ2v) is 7.11. The van der Waals surface area contributed by atoms with Gasteiger partial charge in [-0.2, -0.15) is 5.10 Å². The van der Waals surface area contributed by atoms with Crippen LogP contribution in [0.15, 0.2) is 36.4 Å². The van der Waals surface area contributed by atoms with Crippen molar-refractivity contribution >= 4 is 17.7 Å². The molecule has 136 valence electrons. The number of esters is 1. The third kappa shape index (κ3) is 3.79. The highest BCUT2D eigenvalue weighted by Crippen LogP contribution is 2.40. The summed E-state index contributed by atoms with van der Waals surface area (Å²) in [6, 6.07) is 11.6. The molecule has 2 aromatic rings. The number of ether oxygens (including phenoxy) is 1. The van der Waals surface area contributed by atoms with Crippen LogP contribution in [0.4, 0.5) is 5.82 Å². The minimum Gasteiger partial charge on any atom is -0.455 e. The van der Waals surface area contributed by atoms with Gasteiger partial charge in [0, 0.05) is 12.0 Å². The van der Waals surface area contributed by atoms with Crippen LogP contribution < -0.4 is 5.32 Å². The van der Waals surface area contributed by atoms with Crippen molar-refractivity contribution in [1.29, 1.82) is 0 Å². The molecule has 6 nitrogen and oxygen atoms in total. The molecule has 1 heterocycles. The first kappa shape index (κ1) is 16.8. The van der Waals surface area contributed by atoms with Crippen molar-refractivity contribution < 1.29 is 14.3 Å². The molecule has 1 amide bonds. The SMILES string of the molecule is O=C(COC(=O)C1CCCC1)Nc1cc(C2CC2)nn1-c1ccccc1. The van der Waals surface area contributed by atoms with Crippen LogP contribution in [0, 0.1) is 5.92 Å². The Hall–Kier alpha value is -2.63. The number of aromatic nitrogens is 2. The summed E-state index contributed by atoms with van der Waals surface area (Å²) in [7, 11) is 0. The summed E-state index contributed by atoms with van der Waals surface area (Å²) in [5.41, 5.74) is 1.88. The van der Waals surface area contributed by atoms with Crippen molar-refractivity contribution in [3.63, 3.8) is 0 Å². The van der Waals surface area contributed by atoms with E-state index in [2.05, 4.69) is 10.4 Å². The molecule has 0 radical (unpaired) electrons. The monoisotopic (exact) mass is 353 g/mol. The van der Waals surface area contributed by atoms with Crippen LogP contribution >= 0.6 is 0 Å². The molecule has 1 aromatic heterocycles. The van der Waals surface area contributed by atoms with E-state index in [1.165, 1.54) is 0 Å². The lowest BCUT2D eigenvalue weighted by Gasteiger charge is -2.11. The molecule has 0 bridgehead atoms. The number of nitrogens with zero attached hydrogens (tertiary/aromatic N) is 2. The molecule has 6 heteroatoms. The molecule has 2 saturated carbocycles. The predicted molar refractivity (Wildman–Crippen MR) is 97.1 cm³/mol. The molecule has 2 aliphatic carbocycles. The molecule has 26 heavy (non-hydrogen) atoms. The third-order valence-electron chi connectivity index (χ3n) is 5.03. The first-order valence-corrected chi connectivity index (χ1v) is 9.32. The zero-order valence-electron chi connectivity index (χ0n) is 14.7. The topological polar surface area (TPSA) is 73.2 Å². The number of amides is 1. The molecule has 0 aliphatic heterocycles. The lowest BCUT2D eigenvalue weighted by molar-refractivity contribution is -0.151. The van der Waals surface area contributed by atoms with Crippen LogP contribution in [0.1, 0.15) is 50.1 Å². The predicted octanol–water partition coefficient (Wildman–Crippen LogP) is 3.42. The molecule has 1 aromatic carbocycles. The van der Waals surface area contributed by atoms with Gasteiger partial charge in [-0.1, -0.05) is 31.0 Å². The highest BCUT2D eigenvalue weighted by Gasteiger charge is 2.28. The number of carbonyl (C=O) groups is 2. The number of hydrogen-bond donors (Lipinski definition) is 1. The third-order valence-corrected chi connectivity index (χ3v) is 5.03.